The summed E-state index contributed by atoms with van der Waals surface area (Å²) < 4.78 is 0. The Labute approximate surface area is 152 Å². The molecule has 4 nitrogen and oxygen atoms in total. The molecule has 1 fully saturated rings. The van der Waals surface area contributed by atoms with Crippen LogP contribution in [0, 0.1) is 11.8 Å². The minimum absolute atomic E-state index is 0.0254. The molecule has 0 heterocycles. The van der Waals surface area contributed by atoms with E-state index in [4.69, 9.17) is 11.6 Å². The first-order valence-electron chi connectivity index (χ1n) is 8.47. The van der Waals surface area contributed by atoms with Gasteiger partial charge in [0, 0.05) is 18.1 Å². The van der Waals surface area contributed by atoms with Crippen LogP contribution in [-0.2, 0) is 22.6 Å². The van der Waals surface area contributed by atoms with Crippen LogP contribution in [0.3, 0.4) is 0 Å². The molecule has 0 aromatic heterocycles. The second-order valence-corrected chi connectivity index (χ2v) is 6.76. The van der Waals surface area contributed by atoms with E-state index in [-0.39, 0.29) is 23.7 Å². The van der Waals surface area contributed by atoms with E-state index in [1.165, 1.54) is 5.56 Å². The van der Waals surface area contributed by atoms with Crippen LogP contribution in [0.15, 0.2) is 54.6 Å². The van der Waals surface area contributed by atoms with E-state index in [9.17, 15) is 9.59 Å². The SMILES string of the molecule is O=C(NCCc1ccccc1)C1CC1C(=O)NCc1ccc(Cl)cc1. The number of nitrogens with one attached hydrogen (secondary N) is 2. The van der Waals surface area contributed by atoms with Crippen LogP contribution >= 0.6 is 11.6 Å². The highest BCUT2D eigenvalue weighted by atomic mass is 35.5. The smallest absolute Gasteiger partial charge is 0.224 e. The van der Waals surface area contributed by atoms with Crippen LogP contribution in [0.2, 0.25) is 5.02 Å². The predicted molar refractivity (Wildman–Crippen MR) is 98.1 cm³/mol. The van der Waals surface area contributed by atoms with Gasteiger partial charge in [0.15, 0.2) is 0 Å². The first kappa shape index (κ1) is 17.5. The van der Waals surface area contributed by atoms with Crippen molar-refractivity contribution >= 4 is 23.4 Å². The third-order valence-electron chi connectivity index (χ3n) is 4.40. The lowest BCUT2D eigenvalue weighted by Crippen LogP contribution is -2.31. The zero-order valence-corrected chi connectivity index (χ0v) is 14.6. The topological polar surface area (TPSA) is 58.2 Å². The minimum atomic E-state index is -0.205. The Morgan fingerprint density at radius 3 is 2.20 bits per heavy atom. The molecule has 0 bridgehead atoms. The molecule has 0 saturated heterocycles. The quantitative estimate of drug-likeness (QED) is 0.801. The molecule has 1 aliphatic rings. The number of hydrogen-bond donors (Lipinski definition) is 2. The predicted octanol–water partition coefficient (Wildman–Crippen LogP) is 2.95. The van der Waals surface area contributed by atoms with Gasteiger partial charge >= 0.3 is 0 Å². The van der Waals surface area contributed by atoms with E-state index in [1.807, 2.05) is 42.5 Å². The normalized spacial score (nSPS) is 18.4. The molecule has 2 amide bonds. The summed E-state index contributed by atoms with van der Waals surface area (Å²) in [5.41, 5.74) is 2.18. The second-order valence-electron chi connectivity index (χ2n) is 6.32. The summed E-state index contributed by atoms with van der Waals surface area (Å²) in [6.45, 7) is 1.05. The van der Waals surface area contributed by atoms with Crippen molar-refractivity contribution < 1.29 is 9.59 Å². The Bertz CT molecular complexity index is 731. The molecular formula is C20H21ClN2O2. The summed E-state index contributed by atoms with van der Waals surface area (Å²) >= 11 is 5.84. The van der Waals surface area contributed by atoms with Crippen LogP contribution in [0.1, 0.15) is 17.5 Å². The van der Waals surface area contributed by atoms with Gasteiger partial charge in [-0.1, -0.05) is 54.1 Å². The Kier molecular flexibility index (Phi) is 5.71. The highest BCUT2D eigenvalue weighted by Gasteiger charge is 2.47. The van der Waals surface area contributed by atoms with Gasteiger partial charge < -0.3 is 10.6 Å². The molecule has 3 rings (SSSR count). The molecule has 2 aromatic carbocycles. The van der Waals surface area contributed by atoms with E-state index >= 15 is 0 Å². The Morgan fingerprint density at radius 1 is 0.880 bits per heavy atom. The summed E-state index contributed by atoms with van der Waals surface area (Å²) in [4.78, 5) is 24.3. The lowest BCUT2D eigenvalue weighted by Gasteiger charge is -2.07. The van der Waals surface area contributed by atoms with Crippen molar-refractivity contribution in [3.63, 3.8) is 0 Å². The Morgan fingerprint density at radius 2 is 1.52 bits per heavy atom. The Balaban J connectivity index is 1.37. The molecule has 25 heavy (non-hydrogen) atoms. The van der Waals surface area contributed by atoms with Gasteiger partial charge in [-0.15, -0.1) is 0 Å². The van der Waals surface area contributed by atoms with Crippen LogP contribution in [0.4, 0.5) is 0 Å². The van der Waals surface area contributed by atoms with E-state index in [0.29, 0.717) is 24.5 Å². The van der Waals surface area contributed by atoms with E-state index in [1.54, 1.807) is 12.1 Å². The number of amides is 2. The third kappa shape index (κ3) is 5.07. The maximum Gasteiger partial charge on any atom is 0.224 e. The van der Waals surface area contributed by atoms with Crippen LogP contribution in [-0.4, -0.2) is 18.4 Å². The van der Waals surface area contributed by atoms with Crippen LogP contribution in [0.25, 0.3) is 0 Å². The standard InChI is InChI=1S/C20H21ClN2O2/c21-16-8-6-15(7-9-16)13-23-20(25)18-12-17(18)19(24)22-11-10-14-4-2-1-3-5-14/h1-9,17-18H,10-13H2,(H,22,24)(H,23,25). The van der Waals surface area contributed by atoms with Gasteiger partial charge in [-0.25, -0.2) is 0 Å². The fourth-order valence-electron chi connectivity index (χ4n) is 2.80. The maximum atomic E-state index is 12.1. The van der Waals surface area contributed by atoms with Crippen LogP contribution in [0.5, 0.6) is 0 Å². The zero-order chi connectivity index (χ0) is 17.6. The van der Waals surface area contributed by atoms with Crippen molar-refractivity contribution in [3.05, 3.63) is 70.7 Å². The van der Waals surface area contributed by atoms with Crippen molar-refractivity contribution in [1.82, 2.24) is 10.6 Å². The zero-order valence-electron chi connectivity index (χ0n) is 13.9. The fourth-order valence-corrected chi connectivity index (χ4v) is 2.93. The third-order valence-corrected chi connectivity index (χ3v) is 4.65. The first-order chi connectivity index (χ1) is 12.1. The van der Waals surface area contributed by atoms with Gasteiger partial charge in [0.05, 0.1) is 11.8 Å². The average molecular weight is 357 g/mol. The van der Waals surface area contributed by atoms with Crippen molar-refractivity contribution in [1.29, 1.82) is 0 Å². The second kappa shape index (κ2) is 8.17. The molecule has 130 valence electrons. The molecule has 2 atom stereocenters. The van der Waals surface area contributed by atoms with Gasteiger partial charge in [-0.05, 0) is 36.1 Å². The lowest BCUT2D eigenvalue weighted by atomic mass is 10.1. The van der Waals surface area contributed by atoms with Gasteiger partial charge in [0.25, 0.3) is 0 Å². The number of halogens is 1. The lowest BCUT2D eigenvalue weighted by molar-refractivity contribution is -0.127. The molecule has 2 aromatic rings. The summed E-state index contributed by atoms with van der Waals surface area (Å²) in [5.74, 6) is -0.481. The van der Waals surface area contributed by atoms with E-state index in [2.05, 4.69) is 10.6 Å². The largest absolute Gasteiger partial charge is 0.356 e. The number of hydrogen-bond acceptors (Lipinski definition) is 2. The molecule has 1 aliphatic carbocycles. The van der Waals surface area contributed by atoms with Crippen LogP contribution < -0.4 is 10.6 Å². The van der Waals surface area contributed by atoms with Gasteiger partial charge in [-0.2, -0.15) is 0 Å². The van der Waals surface area contributed by atoms with Gasteiger partial charge in [-0.3, -0.25) is 9.59 Å². The molecule has 1 saturated carbocycles. The number of benzene rings is 2. The Hall–Kier alpha value is -2.33. The summed E-state index contributed by atoms with van der Waals surface area (Å²) in [7, 11) is 0. The maximum absolute atomic E-state index is 12.1. The molecule has 5 heteroatoms. The molecule has 0 spiro atoms. The number of carbonyl (C=O) groups excluding carboxylic acids is 2. The van der Waals surface area contributed by atoms with Gasteiger partial charge in [0.2, 0.25) is 11.8 Å². The molecule has 2 N–H and O–H groups in total. The molecule has 0 aliphatic heterocycles. The number of rotatable bonds is 7. The van der Waals surface area contributed by atoms with Gasteiger partial charge in [0.1, 0.15) is 0 Å². The van der Waals surface area contributed by atoms with Crippen molar-refractivity contribution in [2.75, 3.05) is 6.54 Å². The monoisotopic (exact) mass is 356 g/mol. The van der Waals surface area contributed by atoms with E-state index < -0.39 is 0 Å². The summed E-state index contributed by atoms with van der Waals surface area (Å²) in [5, 5.41) is 6.48. The molecular weight excluding hydrogens is 336 g/mol. The van der Waals surface area contributed by atoms with Crippen molar-refractivity contribution in [3.8, 4) is 0 Å². The number of carbonyl (C=O) groups is 2. The highest BCUT2D eigenvalue weighted by molar-refractivity contribution is 6.30. The fraction of sp³-hybridized carbons (Fsp3) is 0.300. The molecule has 0 radical (unpaired) electrons. The molecule has 2 unspecified atom stereocenters. The van der Waals surface area contributed by atoms with Crippen molar-refractivity contribution in [2.24, 2.45) is 11.8 Å². The van der Waals surface area contributed by atoms with Crippen molar-refractivity contribution in [2.45, 2.75) is 19.4 Å². The average Bonchev–Trinajstić information content (AvgIpc) is 3.43. The summed E-state index contributed by atoms with van der Waals surface area (Å²) in [6.07, 6.45) is 1.43. The summed E-state index contributed by atoms with van der Waals surface area (Å²) in [6, 6.07) is 17.4. The highest BCUT2D eigenvalue weighted by Crippen LogP contribution is 2.38. The minimum Gasteiger partial charge on any atom is -0.356 e. The van der Waals surface area contributed by atoms with E-state index in [0.717, 1.165) is 12.0 Å². The first-order valence-corrected chi connectivity index (χ1v) is 8.85.